The molecule has 0 heterocycles. The van der Waals surface area contributed by atoms with Crippen molar-refractivity contribution in [2.24, 2.45) is 5.92 Å². The second kappa shape index (κ2) is 5.25. The highest BCUT2D eigenvalue weighted by Crippen LogP contribution is 2.33. The lowest BCUT2D eigenvalue weighted by Crippen LogP contribution is -2.05. The molecule has 94 valence electrons. The van der Waals surface area contributed by atoms with Gasteiger partial charge in [-0.15, -0.1) is 0 Å². The molecule has 0 spiro atoms. The van der Waals surface area contributed by atoms with Crippen LogP contribution in [0.15, 0.2) is 12.1 Å². The minimum absolute atomic E-state index is 0.226. The molecule has 0 radical (unpaired) electrons. The van der Waals surface area contributed by atoms with Crippen LogP contribution in [0.25, 0.3) is 0 Å². The first kappa shape index (κ1) is 12.0. The number of nitrogens with two attached hydrogens (primary N) is 1. The Balaban J connectivity index is 1.89. The maximum Gasteiger partial charge on any atom is 0.167 e. The number of anilines is 2. The molecule has 1 aromatic rings. The summed E-state index contributed by atoms with van der Waals surface area (Å²) in [6.45, 7) is 0.871. The first-order valence-corrected chi connectivity index (χ1v) is 6.07. The average Bonchev–Trinajstić information content (AvgIpc) is 3.10. The van der Waals surface area contributed by atoms with Crippen molar-refractivity contribution in [1.82, 2.24) is 0 Å². The number of benzene rings is 1. The third-order valence-electron chi connectivity index (χ3n) is 3.13. The summed E-state index contributed by atoms with van der Waals surface area (Å²) < 4.78 is 18.2. The van der Waals surface area contributed by atoms with Crippen molar-refractivity contribution < 1.29 is 9.13 Å². The highest BCUT2D eigenvalue weighted by Gasteiger charge is 2.20. The first-order chi connectivity index (χ1) is 8.20. The van der Waals surface area contributed by atoms with Crippen LogP contribution in [0.1, 0.15) is 25.7 Å². The zero-order valence-corrected chi connectivity index (χ0v) is 10.1. The number of ether oxygens (including phenoxy) is 1. The van der Waals surface area contributed by atoms with Crippen LogP contribution in [0.3, 0.4) is 0 Å². The number of nitrogen functional groups attached to an aromatic ring is 1. The monoisotopic (exact) mass is 238 g/mol. The molecule has 1 aromatic carbocycles. The first-order valence-electron chi connectivity index (χ1n) is 6.07. The normalized spacial score (nSPS) is 14.7. The summed E-state index contributed by atoms with van der Waals surface area (Å²) in [5.41, 5.74) is 6.92. The lowest BCUT2D eigenvalue weighted by molar-refractivity contribution is 0.387. The number of nitrogens with one attached hydrogen (secondary N) is 1. The van der Waals surface area contributed by atoms with Crippen LogP contribution in [-0.2, 0) is 0 Å². The molecule has 3 nitrogen and oxygen atoms in total. The van der Waals surface area contributed by atoms with E-state index in [1.165, 1.54) is 32.4 Å². The highest BCUT2D eigenvalue weighted by molar-refractivity contribution is 5.68. The Kier molecular flexibility index (Phi) is 3.71. The SMILES string of the molecule is COc1cc(NCCCC2CC2)c(N)cc1F. The van der Waals surface area contributed by atoms with Gasteiger partial charge in [0.25, 0.3) is 0 Å². The van der Waals surface area contributed by atoms with Crippen LogP contribution in [0.2, 0.25) is 0 Å². The van der Waals surface area contributed by atoms with E-state index < -0.39 is 5.82 Å². The van der Waals surface area contributed by atoms with Crippen molar-refractivity contribution >= 4 is 11.4 Å². The molecule has 0 aliphatic heterocycles. The highest BCUT2D eigenvalue weighted by atomic mass is 19.1. The van der Waals surface area contributed by atoms with E-state index in [1.54, 1.807) is 6.07 Å². The summed E-state index contributed by atoms with van der Waals surface area (Å²) in [5, 5.41) is 3.23. The van der Waals surface area contributed by atoms with Gasteiger partial charge in [0.05, 0.1) is 18.5 Å². The van der Waals surface area contributed by atoms with Gasteiger partial charge in [-0.25, -0.2) is 4.39 Å². The molecule has 1 fully saturated rings. The van der Waals surface area contributed by atoms with Gasteiger partial charge in [-0.05, 0) is 18.8 Å². The molecule has 0 bridgehead atoms. The fourth-order valence-corrected chi connectivity index (χ4v) is 1.90. The minimum Gasteiger partial charge on any atom is -0.494 e. The topological polar surface area (TPSA) is 47.3 Å². The molecule has 3 N–H and O–H groups in total. The van der Waals surface area contributed by atoms with E-state index in [9.17, 15) is 4.39 Å². The molecule has 0 atom stereocenters. The quantitative estimate of drug-likeness (QED) is 0.591. The van der Waals surface area contributed by atoms with E-state index in [0.29, 0.717) is 5.69 Å². The van der Waals surface area contributed by atoms with Crippen molar-refractivity contribution in [2.75, 3.05) is 24.7 Å². The molecular formula is C13H19FN2O. The Labute approximate surface area is 101 Å². The van der Waals surface area contributed by atoms with Gasteiger partial charge in [-0.1, -0.05) is 12.8 Å². The standard InChI is InChI=1S/C13H19FN2O/c1-17-13-8-12(11(15)7-10(13)14)16-6-2-3-9-4-5-9/h7-9,16H,2-6,15H2,1H3. The fourth-order valence-electron chi connectivity index (χ4n) is 1.90. The zero-order valence-electron chi connectivity index (χ0n) is 10.1. The van der Waals surface area contributed by atoms with E-state index in [2.05, 4.69) is 5.32 Å². The average molecular weight is 238 g/mol. The van der Waals surface area contributed by atoms with E-state index >= 15 is 0 Å². The molecule has 1 aliphatic rings. The smallest absolute Gasteiger partial charge is 0.167 e. The summed E-state index contributed by atoms with van der Waals surface area (Å²) in [6, 6.07) is 2.91. The van der Waals surface area contributed by atoms with Gasteiger partial charge in [0, 0.05) is 18.7 Å². The number of rotatable bonds is 6. The van der Waals surface area contributed by atoms with Gasteiger partial charge in [0.1, 0.15) is 0 Å². The summed E-state index contributed by atoms with van der Waals surface area (Å²) in [6.07, 6.45) is 5.16. The third kappa shape index (κ3) is 3.25. The fraction of sp³-hybridized carbons (Fsp3) is 0.538. The predicted octanol–water partition coefficient (Wildman–Crippen LogP) is 3.02. The lowest BCUT2D eigenvalue weighted by atomic mass is 10.2. The molecule has 4 heteroatoms. The van der Waals surface area contributed by atoms with Gasteiger partial charge in [-0.3, -0.25) is 0 Å². The molecule has 1 saturated carbocycles. The maximum absolute atomic E-state index is 13.3. The molecule has 0 saturated heterocycles. The summed E-state index contributed by atoms with van der Waals surface area (Å²) >= 11 is 0. The molecular weight excluding hydrogens is 219 g/mol. The zero-order chi connectivity index (χ0) is 12.3. The van der Waals surface area contributed by atoms with E-state index in [0.717, 1.165) is 24.6 Å². The Bertz CT molecular complexity index is 391. The Morgan fingerprint density at radius 3 is 2.88 bits per heavy atom. The number of hydrogen-bond acceptors (Lipinski definition) is 3. The molecule has 2 rings (SSSR count). The van der Waals surface area contributed by atoms with Crippen LogP contribution < -0.4 is 15.8 Å². The van der Waals surface area contributed by atoms with Crippen molar-refractivity contribution in [3.05, 3.63) is 17.9 Å². The Morgan fingerprint density at radius 2 is 2.24 bits per heavy atom. The second-order valence-electron chi connectivity index (χ2n) is 4.59. The van der Waals surface area contributed by atoms with Gasteiger partial charge < -0.3 is 15.8 Å². The summed E-state index contributed by atoms with van der Waals surface area (Å²) in [7, 11) is 1.45. The minimum atomic E-state index is -0.423. The number of methoxy groups -OCH3 is 1. The van der Waals surface area contributed by atoms with Crippen LogP contribution in [0.4, 0.5) is 15.8 Å². The summed E-state index contributed by atoms with van der Waals surface area (Å²) in [5.74, 6) is 0.745. The van der Waals surface area contributed by atoms with Gasteiger partial charge in [-0.2, -0.15) is 0 Å². The van der Waals surface area contributed by atoms with E-state index in [4.69, 9.17) is 10.5 Å². The van der Waals surface area contributed by atoms with Crippen LogP contribution in [0, 0.1) is 11.7 Å². The molecule has 0 aromatic heterocycles. The Hall–Kier alpha value is -1.45. The number of hydrogen-bond donors (Lipinski definition) is 2. The Morgan fingerprint density at radius 1 is 1.47 bits per heavy atom. The van der Waals surface area contributed by atoms with Gasteiger partial charge >= 0.3 is 0 Å². The maximum atomic E-state index is 13.3. The van der Waals surface area contributed by atoms with E-state index in [-0.39, 0.29) is 5.75 Å². The van der Waals surface area contributed by atoms with Crippen LogP contribution in [0.5, 0.6) is 5.75 Å². The predicted molar refractivity (Wildman–Crippen MR) is 67.8 cm³/mol. The summed E-state index contributed by atoms with van der Waals surface area (Å²) in [4.78, 5) is 0. The van der Waals surface area contributed by atoms with Crippen molar-refractivity contribution in [3.63, 3.8) is 0 Å². The molecule has 17 heavy (non-hydrogen) atoms. The van der Waals surface area contributed by atoms with Gasteiger partial charge in [0.15, 0.2) is 11.6 Å². The molecule has 0 amide bonds. The van der Waals surface area contributed by atoms with Crippen molar-refractivity contribution in [1.29, 1.82) is 0 Å². The lowest BCUT2D eigenvalue weighted by Gasteiger charge is -2.11. The van der Waals surface area contributed by atoms with E-state index in [1.807, 2.05) is 0 Å². The largest absolute Gasteiger partial charge is 0.494 e. The van der Waals surface area contributed by atoms with Crippen LogP contribution >= 0.6 is 0 Å². The third-order valence-corrected chi connectivity index (χ3v) is 3.13. The van der Waals surface area contributed by atoms with Crippen molar-refractivity contribution in [2.45, 2.75) is 25.7 Å². The second-order valence-corrected chi connectivity index (χ2v) is 4.59. The number of halogens is 1. The van der Waals surface area contributed by atoms with Crippen LogP contribution in [-0.4, -0.2) is 13.7 Å². The molecule has 0 unspecified atom stereocenters. The van der Waals surface area contributed by atoms with Crippen molar-refractivity contribution in [3.8, 4) is 5.75 Å². The molecule has 1 aliphatic carbocycles. The van der Waals surface area contributed by atoms with Gasteiger partial charge in [0.2, 0.25) is 0 Å².